The average molecular weight is 320 g/mol. The Hall–Kier alpha value is -0.400. The van der Waals surface area contributed by atoms with Gasteiger partial charge in [0.25, 0.3) is 0 Å². The lowest BCUT2D eigenvalue weighted by Crippen LogP contribution is -1.98. The zero-order valence-electron chi connectivity index (χ0n) is 9.34. The van der Waals surface area contributed by atoms with Gasteiger partial charge in [0.1, 0.15) is 0 Å². The molecule has 2 aromatic carbocycles. The van der Waals surface area contributed by atoms with Crippen LogP contribution in [0.3, 0.4) is 0 Å². The highest BCUT2D eigenvalue weighted by Crippen LogP contribution is 2.36. The first-order chi connectivity index (χ1) is 8.58. The van der Waals surface area contributed by atoms with Crippen LogP contribution < -0.4 is 0 Å². The Balaban J connectivity index is 2.22. The molecule has 0 aliphatic heterocycles. The third-order valence-electron chi connectivity index (χ3n) is 2.64. The highest BCUT2D eigenvalue weighted by atomic mass is 35.5. The molecule has 0 saturated carbocycles. The van der Waals surface area contributed by atoms with Crippen LogP contribution in [-0.4, -0.2) is 0 Å². The first-order valence-corrected chi connectivity index (χ1v) is 6.97. The van der Waals surface area contributed by atoms with Crippen LogP contribution in [0.5, 0.6) is 0 Å². The Morgan fingerprint density at radius 3 is 1.94 bits per heavy atom. The molecule has 18 heavy (non-hydrogen) atoms. The van der Waals surface area contributed by atoms with Gasteiger partial charge in [-0.2, -0.15) is 0 Å². The maximum Gasteiger partial charge on any atom is 0.0654 e. The van der Waals surface area contributed by atoms with Gasteiger partial charge in [-0.25, -0.2) is 0 Å². The largest absolute Gasteiger partial charge is 0.117 e. The number of halogens is 4. The van der Waals surface area contributed by atoms with Gasteiger partial charge in [0, 0.05) is 20.6 Å². The van der Waals surface area contributed by atoms with Crippen molar-refractivity contribution in [2.24, 2.45) is 0 Å². The molecular formula is C14H10Cl4. The van der Waals surface area contributed by atoms with Gasteiger partial charge in [-0.1, -0.05) is 53.0 Å². The molecule has 0 N–H and O–H groups in total. The fraction of sp³-hybridized carbons (Fsp3) is 0.143. The van der Waals surface area contributed by atoms with E-state index in [2.05, 4.69) is 0 Å². The van der Waals surface area contributed by atoms with Crippen LogP contribution in [0.4, 0.5) is 0 Å². The number of alkyl halides is 1. The fourth-order valence-electron chi connectivity index (χ4n) is 1.74. The molecule has 0 fully saturated rings. The normalized spacial score (nSPS) is 12.4. The van der Waals surface area contributed by atoms with Crippen molar-refractivity contribution in [3.8, 4) is 0 Å². The molecule has 1 unspecified atom stereocenters. The summed E-state index contributed by atoms with van der Waals surface area (Å²) in [7, 11) is 0. The van der Waals surface area contributed by atoms with Crippen LogP contribution in [0.1, 0.15) is 16.5 Å². The number of hydrogen-bond acceptors (Lipinski definition) is 0. The summed E-state index contributed by atoms with van der Waals surface area (Å²) in [5.41, 5.74) is 1.87. The third-order valence-corrected chi connectivity index (χ3v) is 3.92. The number of hydrogen-bond donors (Lipinski definition) is 0. The maximum atomic E-state index is 6.39. The van der Waals surface area contributed by atoms with E-state index in [1.165, 1.54) is 0 Å². The zero-order chi connectivity index (χ0) is 13.1. The average Bonchev–Trinajstić information content (AvgIpc) is 2.32. The molecule has 4 heteroatoms. The van der Waals surface area contributed by atoms with Crippen molar-refractivity contribution in [2.75, 3.05) is 0 Å². The fourth-order valence-corrected chi connectivity index (χ4v) is 3.05. The highest BCUT2D eigenvalue weighted by molar-refractivity contribution is 6.37. The molecule has 1 atom stereocenters. The van der Waals surface area contributed by atoms with Gasteiger partial charge in [0.15, 0.2) is 0 Å². The first-order valence-electron chi connectivity index (χ1n) is 5.40. The van der Waals surface area contributed by atoms with Crippen LogP contribution in [0, 0.1) is 0 Å². The summed E-state index contributed by atoms with van der Waals surface area (Å²) in [6.07, 6.45) is 0.655. The van der Waals surface area contributed by atoms with Gasteiger partial charge in [-0.15, -0.1) is 11.6 Å². The lowest BCUT2D eigenvalue weighted by molar-refractivity contribution is 0.920. The lowest BCUT2D eigenvalue weighted by atomic mass is 10.0. The van der Waals surface area contributed by atoms with Crippen LogP contribution in [-0.2, 0) is 6.42 Å². The molecular weight excluding hydrogens is 310 g/mol. The van der Waals surface area contributed by atoms with E-state index in [0.29, 0.717) is 21.5 Å². The summed E-state index contributed by atoms with van der Waals surface area (Å²) >= 11 is 24.5. The quantitative estimate of drug-likeness (QED) is 0.593. The van der Waals surface area contributed by atoms with Crippen LogP contribution in [0.25, 0.3) is 0 Å². The van der Waals surface area contributed by atoms with Crippen molar-refractivity contribution in [3.05, 3.63) is 68.7 Å². The smallest absolute Gasteiger partial charge is 0.0654 e. The summed E-state index contributed by atoms with van der Waals surface area (Å²) in [5, 5.41) is 1.64. The van der Waals surface area contributed by atoms with E-state index in [0.717, 1.165) is 11.1 Å². The lowest BCUT2D eigenvalue weighted by Gasteiger charge is -2.13. The van der Waals surface area contributed by atoms with Gasteiger partial charge in [0.2, 0.25) is 0 Å². The second kappa shape index (κ2) is 6.16. The van der Waals surface area contributed by atoms with Gasteiger partial charge in [-0.3, -0.25) is 0 Å². The topological polar surface area (TPSA) is 0 Å². The number of benzene rings is 2. The summed E-state index contributed by atoms with van der Waals surface area (Å²) < 4.78 is 0. The maximum absolute atomic E-state index is 6.39. The summed E-state index contributed by atoms with van der Waals surface area (Å²) in [6.45, 7) is 0. The monoisotopic (exact) mass is 318 g/mol. The Morgan fingerprint density at radius 2 is 1.39 bits per heavy atom. The van der Waals surface area contributed by atoms with Gasteiger partial charge in [0.05, 0.1) is 5.38 Å². The van der Waals surface area contributed by atoms with Crippen LogP contribution >= 0.6 is 46.4 Å². The van der Waals surface area contributed by atoms with Gasteiger partial charge < -0.3 is 0 Å². The molecule has 0 nitrogen and oxygen atoms in total. The second-order valence-electron chi connectivity index (χ2n) is 3.93. The molecule has 0 aliphatic carbocycles. The second-order valence-corrected chi connectivity index (χ2v) is 5.71. The molecule has 2 rings (SSSR count). The molecule has 0 amide bonds. The van der Waals surface area contributed by atoms with Crippen LogP contribution in [0.2, 0.25) is 15.1 Å². The third kappa shape index (κ3) is 3.33. The highest BCUT2D eigenvalue weighted by Gasteiger charge is 2.16. The number of rotatable bonds is 3. The molecule has 2 aromatic rings. The van der Waals surface area contributed by atoms with E-state index in [-0.39, 0.29) is 5.38 Å². The van der Waals surface area contributed by atoms with Crippen molar-refractivity contribution in [3.63, 3.8) is 0 Å². The summed E-state index contributed by atoms with van der Waals surface area (Å²) in [6, 6.07) is 13.0. The molecule has 0 bridgehead atoms. The Kier molecular flexibility index (Phi) is 4.80. The zero-order valence-corrected chi connectivity index (χ0v) is 12.4. The molecule has 94 valence electrons. The molecule has 0 saturated heterocycles. The van der Waals surface area contributed by atoms with E-state index in [4.69, 9.17) is 46.4 Å². The van der Waals surface area contributed by atoms with E-state index in [1.807, 2.05) is 24.3 Å². The minimum absolute atomic E-state index is 0.257. The van der Waals surface area contributed by atoms with Crippen molar-refractivity contribution >= 4 is 46.4 Å². The van der Waals surface area contributed by atoms with Gasteiger partial charge in [-0.05, 0) is 36.2 Å². The van der Waals surface area contributed by atoms with Crippen molar-refractivity contribution in [1.82, 2.24) is 0 Å². The first kappa shape index (κ1) is 14.0. The van der Waals surface area contributed by atoms with Crippen molar-refractivity contribution < 1.29 is 0 Å². The molecule has 0 spiro atoms. The minimum Gasteiger partial charge on any atom is -0.117 e. The Morgan fingerprint density at radius 1 is 0.833 bits per heavy atom. The molecule has 0 aliphatic rings. The predicted octanol–water partition coefficient (Wildman–Crippen LogP) is 6.17. The minimum atomic E-state index is -0.257. The van der Waals surface area contributed by atoms with E-state index in [9.17, 15) is 0 Å². The van der Waals surface area contributed by atoms with Crippen LogP contribution in [0.15, 0.2) is 42.5 Å². The molecule has 0 heterocycles. The van der Waals surface area contributed by atoms with Gasteiger partial charge >= 0.3 is 0 Å². The summed E-state index contributed by atoms with van der Waals surface area (Å²) in [4.78, 5) is 0. The summed E-state index contributed by atoms with van der Waals surface area (Å²) in [5.74, 6) is 0. The van der Waals surface area contributed by atoms with E-state index >= 15 is 0 Å². The Bertz CT molecular complexity index is 514. The Labute approximate surface area is 126 Å². The van der Waals surface area contributed by atoms with E-state index < -0.39 is 0 Å². The molecule has 0 aromatic heterocycles. The predicted molar refractivity (Wildman–Crippen MR) is 80.2 cm³/mol. The SMILES string of the molecule is Clc1ccc(CC(Cl)c2c(Cl)cccc2Cl)cc1. The standard InChI is InChI=1S/C14H10Cl4/c15-10-6-4-9(5-7-10)8-13(18)14-11(16)2-1-3-12(14)17/h1-7,13H,8H2. The molecule has 0 radical (unpaired) electrons. The van der Waals surface area contributed by atoms with E-state index in [1.54, 1.807) is 18.2 Å². The van der Waals surface area contributed by atoms with Crippen molar-refractivity contribution in [2.45, 2.75) is 11.8 Å². The van der Waals surface area contributed by atoms with Crippen molar-refractivity contribution in [1.29, 1.82) is 0 Å².